The minimum Gasteiger partial charge on any atom is -0.387 e. The van der Waals surface area contributed by atoms with Crippen LogP contribution in [0.2, 0.25) is 0 Å². The van der Waals surface area contributed by atoms with Crippen molar-refractivity contribution in [2.45, 2.75) is 38.2 Å². The van der Waals surface area contributed by atoms with E-state index in [4.69, 9.17) is 0 Å². The van der Waals surface area contributed by atoms with Crippen molar-refractivity contribution in [2.24, 2.45) is 5.41 Å². The van der Waals surface area contributed by atoms with Crippen molar-refractivity contribution in [3.63, 3.8) is 0 Å². The molecule has 1 aliphatic carbocycles. The highest BCUT2D eigenvalue weighted by Gasteiger charge is 2.39. The molecule has 4 nitrogen and oxygen atoms in total. The predicted molar refractivity (Wildman–Crippen MR) is 93.0 cm³/mol. The fraction of sp³-hybridized carbons (Fsp3) is 0.400. The molecule has 1 amide bonds. The maximum absolute atomic E-state index is 12.5. The van der Waals surface area contributed by atoms with Gasteiger partial charge in [-0.25, -0.2) is 0 Å². The van der Waals surface area contributed by atoms with Gasteiger partial charge in [0.05, 0.1) is 12.2 Å². The molecule has 1 unspecified atom stereocenters. The van der Waals surface area contributed by atoms with Crippen LogP contribution in [0.4, 0.5) is 0 Å². The molecule has 124 valence electrons. The van der Waals surface area contributed by atoms with Gasteiger partial charge in [0.15, 0.2) is 0 Å². The summed E-state index contributed by atoms with van der Waals surface area (Å²) in [4.78, 5) is 12.5. The van der Waals surface area contributed by atoms with E-state index >= 15 is 0 Å². The van der Waals surface area contributed by atoms with Crippen LogP contribution in [0.25, 0.3) is 10.8 Å². The van der Waals surface area contributed by atoms with Crippen LogP contribution in [0.15, 0.2) is 42.5 Å². The van der Waals surface area contributed by atoms with Gasteiger partial charge in [-0.05, 0) is 35.2 Å². The molecule has 0 radical (unpaired) electrons. The smallest absolute Gasteiger partial charge is 0.240 e. The Kier molecular flexibility index (Phi) is 4.82. The number of carbonyl (C=O) groups is 1. The largest absolute Gasteiger partial charge is 0.387 e. The maximum Gasteiger partial charge on any atom is 0.240 e. The van der Waals surface area contributed by atoms with Crippen molar-refractivity contribution < 1.29 is 9.90 Å². The molecule has 4 heteroatoms. The quantitative estimate of drug-likeness (QED) is 0.905. The van der Waals surface area contributed by atoms with Crippen molar-refractivity contribution in [1.82, 2.24) is 5.32 Å². The number of nitrogens with one attached hydrogen (secondary N) is 1. The van der Waals surface area contributed by atoms with Gasteiger partial charge in [-0.1, -0.05) is 55.7 Å². The van der Waals surface area contributed by atoms with E-state index in [1.54, 1.807) is 0 Å². The van der Waals surface area contributed by atoms with E-state index in [-0.39, 0.29) is 12.5 Å². The second-order valence-corrected chi connectivity index (χ2v) is 6.59. The molecule has 1 aliphatic rings. The fourth-order valence-electron chi connectivity index (χ4n) is 3.44. The van der Waals surface area contributed by atoms with Crippen molar-refractivity contribution in [2.75, 3.05) is 6.54 Å². The topological polar surface area (TPSA) is 73.1 Å². The summed E-state index contributed by atoms with van der Waals surface area (Å²) in [5, 5.41) is 24.8. The number of hydrogen-bond acceptors (Lipinski definition) is 3. The van der Waals surface area contributed by atoms with E-state index in [2.05, 4.69) is 11.4 Å². The number of aliphatic hydroxyl groups is 1. The first kappa shape index (κ1) is 16.5. The molecule has 2 aromatic rings. The second kappa shape index (κ2) is 7.02. The zero-order chi connectivity index (χ0) is 17.0. The third-order valence-corrected chi connectivity index (χ3v) is 4.97. The summed E-state index contributed by atoms with van der Waals surface area (Å²) in [5.41, 5.74) is -0.148. The normalized spacial score (nSPS) is 17.8. The third kappa shape index (κ3) is 3.27. The molecule has 1 atom stereocenters. The van der Waals surface area contributed by atoms with E-state index in [9.17, 15) is 15.2 Å². The molecule has 24 heavy (non-hydrogen) atoms. The van der Waals surface area contributed by atoms with Crippen molar-refractivity contribution >= 4 is 16.7 Å². The molecular weight excluding hydrogens is 300 g/mol. The van der Waals surface area contributed by atoms with Crippen LogP contribution in [0, 0.1) is 16.7 Å². The first-order valence-electron chi connectivity index (χ1n) is 8.51. The van der Waals surface area contributed by atoms with E-state index in [0.717, 1.165) is 35.6 Å². The number of amides is 1. The molecule has 1 saturated carbocycles. The first-order valence-corrected chi connectivity index (χ1v) is 8.51. The monoisotopic (exact) mass is 322 g/mol. The standard InChI is InChI=1S/C20H22N2O2/c21-14-20(10-4-1-5-11-20)19(24)22-13-18(23)17-9-8-15-6-2-3-7-16(15)12-17/h2-3,6-9,12,18,23H,1,4-5,10-11,13H2,(H,22,24). The average molecular weight is 322 g/mol. The van der Waals surface area contributed by atoms with Crippen LogP contribution >= 0.6 is 0 Å². The van der Waals surface area contributed by atoms with Crippen LogP contribution < -0.4 is 5.32 Å². The molecule has 0 aliphatic heterocycles. The second-order valence-electron chi connectivity index (χ2n) is 6.59. The van der Waals surface area contributed by atoms with Gasteiger partial charge in [0.1, 0.15) is 5.41 Å². The molecule has 3 rings (SSSR count). The number of hydrogen-bond donors (Lipinski definition) is 2. The van der Waals surface area contributed by atoms with Crippen molar-refractivity contribution in [3.8, 4) is 6.07 Å². The Bertz CT molecular complexity index is 773. The van der Waals surface area contributed by atoms with Crippen LogP contribution in [-0.2, 0) is 4.79 Å². The molecule has 2 N–H and O–H groups in total. The molecule has 2 aromatic carbocycles. The average Bonchev–Trinajstić information content (AvgIpc) is 2.65. The van der Waals surface area contributed by atoms with Gasteiger partial charge in [0.2, 0.25) is 5.91 Å². The van der Waals surface area contributed by atoms with Crippen LogP contribution in [-0.4, -0.2) is 17.6 Å². The van der Waals surface area contributed by atoms with Crippen LogP contribution in [0.1, 0.15) is 43.8 Å². The number of nitriles is 1. The lowest BCUT2D eigenvalue weighted by molar-refractivity contribution is -0.130. The maximum atomic E-state index is 12.5. The summed E-state index contributed by atoms with van der Waals surface area (Å²) < 4.78 is 0. The molecule has 0 bridgehead atoms. The molecule has 1 fully saturated rings. The summed E-state index contributed by atoms with van der Waals surface area (Å²) >= 11 is 0. The lowest BCUT2D eigenvalue weighted by atomic mass is 9.74. The number of rotatable bonds is 4. The zero-order valence-corrected chi connectivity index (χ0v) is 13.7. The number of nitrogens with zero attached hydrogens (tertiary/aromatic N) is 1. The number of aliphatic hydroxyl groups excluding tert-OH is 1. The predicted octanol–water partition coefficient (Wildman–Crippen LogP) is 3.46. The van der Waals surface area contributed by atoms with Gasteiger partial charge in [-0.15, -0.1) is 0 Å². The molecular formula is C20H22N2O2. The van der Waals surface area contributed by atoms with Gasteiger partial charge in [-0.2, -0.15) is 5.26 Å². The Morgan fingerprint density at radius 1 is 1.17 bits per heavy atom. The Morgan fingerprint density at radius 3 is 2.58 bits per heavy atom. The van der Waals surface area contributed by atoms with E-state index < -0.39 is 11.5 Å². The van der Waals surface area contributed by atoms with E-state index in [1.807, 2.05) is 42.5 Å². The Hall–Kier alpha value is -2.38. The Morgan fingerprint density at radius 2 is 1.88 bits per heavy atom. The van der Waals surface area contributed by atoms with Crippen molar-refractivity contribution in [1.29, 1.82) is 5.26 Å². The summed E-state index contributed by atoms with van der Waals surface area (Å²) in [5.74, 6) is -0.246. The zero-order valence-electron chi connectivity index (χ0n) is 13.7. The Balaban J connectivity index is 1.66. The minimum absolute atomic E-state index is 0.126. The highest BCUT2D eigenvalue weighted by molar-refractivity contribution is 5.85. The van der Waals surface area contributed by atoms with Gasteiger partial charge in [-0.3, -0.25) is 4.79 Å². The summed E-state index contributed by atoms with van der Waals surface area (Å²) in [6.45, 7) is 0.126. The number of carbonyl (C=O) groups excluding carboxylic acids is 1. The lowest BCUT2D eigenvalue weighted by Crippen LogP contribution is -2.42. The Labute approximate surface area is 142 Å². The molecule has 0 aromatic heterocycles. The SMILES string of the molecule is N#CC1(C(=O)NCC(O)c2ccc3ccccc3c2)CCCCC1. The third-order valence-electron chi connectivity index (χ3n) is 4.97. The van der Waals surface area contributed by atoms with Crippen LogP contribution in [0.3, 0.4) is 0 Å². The minimum atomic E-state index is -0.915. The van der Waals surface area contributed by atoms with Gasteiger partial charge >= 0.3 is 0 Å². The highest BCUT2D eigenvalue weighted by Crippen LogP contribution is 2.36. The van der Waals surface area contributed by atoms with E-state index in [1.165, 1.54) is 0 Å². The fourth-order valence-corrected chi connectivity index (χ4v) is 3.44. The molecule has 0 heterocycles. The molecule has 0 spiro atoms. The summed E-state index contributed by atoms with van der Waals surface area (Å²) in [6.07, 6.45) is 3.35. The van der Waals surface area contributed by atoms with Crippen LogP contribution in [0.5, 0.6) is 0 Å². The number of fused-ring (bicyclic) bond motifs is 1. The highest BCUT2D eigenvalue weighted by atomic mass is 16.3. The molecule has 0 saturated heterocycles. The van der Waals surface area contributed by atoms with Gasteiger partial charge in [0, 0.05) is 6.54 Å². The van der Waals surface area contributed by atoms with Crippen molar-refractivity contribution in [3.05, 3.63) is 48.0 Å². The van der Waals surface area contributed by atoms with Gasteiger partial charge in [0.25, 0.3) is 0 Å². The number of benzene rings is 2. The summed E-state index contributed by atoms with van der Waals surface area (Å²) in [6, 6.07) is 15.9. The first-order chi connectivity index (χ1) is 11.6. The summed E-state index contributed by atoms with van der Waals surface area (Å²) in [7, 11) is 0. The van der Waals surface area contributed by atoms with E-state index in [0.29, 0.717) is 12.8 Å². The van der Waals surface area contributed by atoms with Gasteiger partial charge < -0.3 is 10.4 Å². The lowest BCUT2D eigenvalue weighted by Gasteiger charge is -2.29.